The summed E-state index contributed by atoms with van der Waals surface area (Å²) in [6, 6.07) is 20.4. The number of amides is 1. The molecule has 0 saturated carbocycles. The predicted molar refractivity (Wildman–Crippen MR) is 175 cm³/mol. The van der Waals surface area contributed by atoms with E-state index in [0.29, 0.717) is 36.5 Å². The van der Waals surface area contributed by atoms with Gasteiger partial charge in [-0.3, -0.25) is 9.59 Å². The van der Waals surface area contributed by atoms with E-state index in [4.69, 9.17) is 10.5 Å². The van der Waals surface area contributed by atoms with Crippen LogP contribution in [0.5, 0.6) is 0 Å². The highest BCUT2D eigenvalue weighted by atomic mass is 19.1. The van der Waals surface area contributed by atoms with Crippen LogP contribution in [0.2, 0.25) is 0 Å². The van der Waals surface area contributed by atoms with Gasteiger partial charge >= 0.3 is 5.97 Å². The van der Waals surface area contributed by atoms with E-state index in [-0.39, 0.29) is 23.6 Å². The molecule has 45 heavy (non-hydrogen) atoms. The lowest BCUT2D eigenvalue weighted by Gasteiger charge is -2.40. The van der Waals surface area contributed by atoms with Gasteiger partial charge in [0.15, 0.2) is 5.82 Å². The van der Waals surface area contributed by atoms with Crippen molar-refractivity contribution in [2.45, 2.75) is 65.0 Å². The Balaban J connectivity index is 1.16. The second-order valence-corrected chi connectivity index (χ2v) is 12.8. The number of ether oxygens (including phenoxy) is 1. The van der Waals surface area contributed by atoms with Crippen molar-refractivity contribution >= 4 is 11.9 Å². The number of esters is 1. The summed E-state index contributed by atoms with van der Waals surface area (Å²) in [6.45, 7) is 8.31. The Bertz CT molecular complexity index is 1620. The SMILES string of the molecule is CCCCc1ccc(-c2ccc(-c3cnc(-c4ccc(C[C@H](N)C(=O)N5CC(C(=O)OC(C)(C)C)C5)cc4)nc3)c(F)c2)cc1. The van der Waals surface area contributed by atoms with Gasteiger partial charge in [0.05, 0.1) is 12.0 Å². The van der Waals surface area contributed by atoms with Crippen molar-refractivity contribution in [1.29, 1.82) is 0 Å². The predicted octanol–water partition coefficient (Wildman–Crippen LogP) is 6.63. The lowest BCUT2D eigenvalue weighted by atomic mass is 9.97. The quantitative estimate of drug-likeness (QED) is 0.203. The fraction of sp³-hybridized carbons (Fsp3) is 0.351. The van der Waals surface area contributed by atoms with Crippen molar-refractivity contribution in [2.24, 2.45) is 11.7 Å². The fourth-order valence-electron chi connectivity index (χ4n) is 5.35. The Kier molecular flexibility index (Phi) is 9.73. The van der Waals surface area contributed by atoms with Crippen LogP contribution in [0.1, 0.15) is 51.7 Å². The third-order valence-electron chi connectivity index (χ3n) is 7.96. The summed E-state index contributed by atoms with van der Waals surface area (Å²) in [5.41, 5.74) is 11.5. The van der Waals surface area contributed by atoms with Crippen LogP contribution in [0.4, 0.5) is 4.39 Å². The molecule has 0 radical (unpaired) electrons. The number of aryl methyl sites for hydroxylation is 1. The van der Waals surface area contributed by atoms with E-state index >= 15 is 4.39 Å². The molecule has 1 saturated heterocycles. The Morgan fingerprint density at radius 3 is 2.11 bits per heavy atom. The molecule has 5 rings (SSSR count). The molecular weight excluding hydrogens is 567 g/mol. The van der Waals surface area contributed by atoms with Crippen molar-refractivity contribution in [3.63, 3.8) is 0 Å². The minimum absolute atomic E-state index is 0.182. The molecule has 0 aliphatic carbocycles. The third kappa shape index (κ3) is 8.00. The molecule has 234 valence electrons. The lowest BCUT2D eigenvalue weighted by molar-refractivity contribution is -0.168. The topological polar surface area (TPSA) is 98.4 Å². The van der Waals surface area contributed by atoms with E-state index in [0.717, 1.165) is 41.5 Å². The van der Waals surface area contributed by atoms with Gasteiger partial charge in [0.2, 0.25) is 5.91 Å². The molecule has 1 amide bonds. The number of nitrogens with two attached hydrogens (primary N) is 1. The van der Waals surface area contributed by atoms with Crippen LogP contribution in [-0.2, 0) is 27.2 Å². The van der Waals surface area contributed by atoms with Crippen LogP contribution in [0.3, 0.4) is 0 Å². The molecular formula is C37H41FN4O3. The molecule has 4 aromatic rings. The number of nitrogens with zero attached hydrogens (tertiary/aromatic N) is 3. The molecule has 0 spiro atoms. The number of unbranched alkanes of at least 4 members (excludes halogenated alkanes) is 1. The Morgan fingerprint density at radius 2 is 1.51 bits per heavy atom. The zero-order valence-corrected chi connectivity index (χ0v) is 26.4. The number of hydrogen-bond donors (Lipinski definition) is 1. The maximum Gasteiger partial charge on any atom is 0.313 e. The zero-order valence-electron chi connectivity index (χ0n) is 26.4. The summed E-state index contributed by atoms with van der Waals surface area (Å²) < 4.78 is 20.6. The molecule has 1 atom stereocenters. The second kappa shape index (κ2) is 13.7. The number of aromatic nitrogens is 2. The van der Waals surface area contributed by atoms with Crippen molar-refractivity contribution in [2.75, 3.05) is 13.1 Å². The number of likely N-dealkylation sites (tertiary alicyclic amines) is 1. The van der Waals surface area contributed by atoms with Gasteiger partial charge in [-0.2, -0.15) is 0 Å². The van der Waals surface area contributed by atoms with E-state index < -0.39 is 11.6 Å². The number of carbonyl (C=O) groups excluding carboxylic acids is 2. The van der Waals surface area contributed by atoms with Gasteiger partial charge in [0, 0.05) is 42.2 Å². The van der Waals surface area contributed by atoms with Gasteiger partial charge in [-0.05, 0) is 68.4 Å². The summed E-state index contributed by atoms with van der Waals surface area (Å²) >= 11 is 0. The molecule has 0 bridgehead atoms. The standard InChI is InChI=1S/C37H41FN4O3/c1-5-6-7-24-8-12-26(13-9-24)28-16-17-31(32(38)19-28)29-20-40-34(41-21-29)27-14-10-25(11-15-27)18-33(39)35(43)42-22-30(23-42)36(44)45-37(2,3)4/h8-17,19-21,30,33H,5-7,18,22-23,39H2,1-4H3/t33-/m0/s1. The van der Waals surface area contributed by atoms with E-state index in [9.17, 15) is 9.59 Å². The Labute approximate surface area is 264 Å². The van der Waals surface area contributed by atoms with Crippen LogP contribution >= 0.6 is 0 Å². The highest BCUT2D eigenvalue weighted by molar-refractivity contribution is 5.85. The monoisotopic (exact) mass is 608 g/mol. The lowest BCUT2D eigenvalue weighted by Crippen LogP contribution is -2.58. The van der Waals surface area contributed by atoms with Crippen LogP contribution < -0.4 is 5.73 Å². The van der Waals surface area contributed by atoms with E-state index in [1.807, 2.05) is 63.2 Å². The molecule has 3 aromatic carbocycles. The molecule has 2 heterocycles. The molecule has 7 nitrogen and oxygen atoms in total. The smallest absolute Gasteiger partial charge is 0.313 e. The summed E-state index contributed by atoms with van der Waals surface area (Å²) in [5, 5.41) is 0. The van der Waals surface area contributed by atoms with Crippen molar-refractivity contribution in [1.82, 2.24) is 14.9 Å². The van der Waals surface area contributed by atoms with Gasteiger partial charge in [-0.15, -0.1) is 0 Å². The Morgan fingerprint density at radius 1 is 0.911 bits per heavy atom. The van der Waals surface area contributed by atoms with Crippen LogP contribution in [-0.4, -0.2) is 51.5 Å². The first-order chi connectivity index (χ1) is 21.5. The molecule has 8 heteroatoms. The maximum absolute atomic E-state index is 15.2. The first-order valence-electron chi connectivity index (χ1n) is 15.6. The maximum atomic E-state index is 15.2. The van der Waals surface area contributed by atoms with Gasteiger partial charge in [0.25, 0.3) is 0 Å². The summed E-state index contributed by atoms with van der Waals surface area (Å²) in [4.78, 5) is 35.6. The average molecular weight is 609 g/mol. The molecule has 1 fully saturated rings. The summed E-state index contributed by atoms with van der Waals surface area (Å²) in [6.07, 6.45) is 6.99. The zero-order chi connectivity index (χ0) is 32.1. The molecule has 2 N–H and O–H groups in total. The minimum Gasteiger partial charge on any atom is -0.460 e. The average Bonchev–Trinajstić information content (AvgIpc) is 2.99. The van der Waals surface area contributed by atoms with Crippen LogP contribution in [0.25, 0.3) is 33.6 Å². The largest absolute Gasteiger partial charge is 0.460 e. The van der Waals surface area contributed by atoms with Crippen molar-refractivity contribution < 1.29 is 18.7 Å². The highest BCUT2D eigenvalue weighted by Gasteiger charge is 2.39. The molecule has 1 aliphatic heterocycles. The van der Waals surface area contributed by atoms with Crippen LogP contribution in [0.15, 0.2) is 79.1 Å². The number of rotatable bonds is 10. The van der Waals surface area contributed by atoms with Gasteiger partial charge in [-0.1, -0.05) is 74.0 Å². The highest BCUT2D eigenvalue weighted by Crippen LogP contribution is 2.29. The van der Waals surface area contributed by atoms with E-state index in [1.165, 1.54) is 5.56 Å². The van der Waals surface area contributed by atoms with Gasteiger partial charge in [0.1, 0.15) is 11.4 Å². The van der Waals surface area contributed by atoms with E-state index in [1.54, 1.807) is 29.4 Å². The van der Waals surface area contributed by atoms with Crippen molar-refractivity contribution in [3.8, 4) is 33.6 Å². The summed E-state index contributed by atoms with van der Waals surface area (Å²) in [7, 11) is 0. The molecule has 1 aromatic heterocycles. The van der Waals surface area contributed by atoms with Gasteiger partial charge in [-0.25, -0.2) is 14.4 Å². The number of hydrogen-bond acceptors (Lipinski definition) is 6. The normalized spacial score (nSPS) is 14.1. The number of halogens is 1. The first-order valence-corrected chi connectivity index (χ1v) is 15.6. The number of benzene rings is 3. The van der Waals surface area contributed by atoms with E-state index in [2.05, 4.69) is 29.0 Å². The van der Waals surface area contributed by atoms with Crippen molar-refractivity contribution in [3.05, 3.63) is 96.1 Å². The molecule has 1 aliphatic rings. The fourth-order valence-corrected chi connectivity index (χ4v) is 5.35. The molecule has 0 unspecified atom stereocenters. The first kappa shape index (κ1) is 32.0. The third-order valence-corrected chi connectivity index (χ3v) is 7.96. The minimum atomic E-state index is -0.711. The van der Waals surface area contributed by atoms with Gasteiger partial charge < -0.3 is 15.4 Å². The van der Waals surface area contributed by atoms with Crippen LogP contribution in [0, 0.1) is 11.7 Å². The second-order valence-electron chi connectivity index (χ2n) is 12.8. The summed E-state index contributed by atoms with van der Waals surface area (Å²) in [5.74, 6) is -0.584. The number of carbonyl (C=O) groups is 2. The Hall–Kier alpha value is -4.43.